The van der Waals surface area contributed by atoms with Crippen molar-refractivity contribution >= 4 is 22.2 Å². The lowest BCUT2D eigenvalue weighted by molar-refractivity contribution is -0.137. The highest BCUT2D eigenvalue weighted by Crippen LogP contribution is 2.39. The predicted octanol–water partition coefficient (Wildman–Crippen LogP) is 6.82. The summed E-state index contributed by atoms with van der Waals surface area (Å²) in [6.45, 7) is 4.10. The molecular formula is C22H18ClF3N2O. The Morgan fingerprint density at radius 1 is 0.966 bits per heavy atom. The number of allylic oxidation sites excluding steroid dienone is 1. The fraction of sp³-hybridized carbons (Fsp3) is 0.273. The summed E-state index contributed by atoms with van der Waals surface area (Å²) in [4.78, 5) is 0. The van der Waals surface area contributed by atoms with Crippen molar-refractivity contribution in [2.75, 3.05) is 0 Å². The molecule has 1 aliphatic carbocycles. The van der Waals surface area contributed by atoms with Gasteiger partial charge in [0.1, 0.15) is 0 Å². The van der Waals surface area contributed by atoms with Crippen molar-refractivity contribution in [1.82, 2.24) is 10.2 Å². The van der Waals surface area contributed by atoms with Gasteiger partial charge in [0.05, 0.1) is 10.6 Å². The fourth-order valence-electron chi connectivity index (χ4n) is 3.51. The smallest absolute Gasteiger partial charge is 0.416 e. The number of hydrogen-bond acceptors (Lipinski definition) is 3. The number of alkyl halides is 3. The van der Waals surface area contributed by atoms with Gasteiger partial charge in [-0.25, -0.2) is 0 Å². The first kappa shape index (κ1) is 19.7. The fourth-order valence-corrected chi connectivity index (χ4v) is 3.86. The van der Waals surface area contributed by atoms with E-state index in [0.29, 0.717) is 11.5 Å². The second kappa shape index (κ2) is 7.34. The van der Waals surface area contributed by atoms with Crippen molar-refractivity contribution in [3.05, 3.63) is 70.1 Å². The van der Waals surface area contributed by atoms with Crippen LogP contribution in [0.2, 0.25) is 0 Å². The van der Waals surface area contributed by atoms with E-state index in [1.54, 1.807) is 0 Å². The molecule has 0 spiro atoms. The topological polar surface area (TPSA) is 38.9 Å². The minimum atomic E-state index is -4.44. The summed E-state index contributed by atoms with van der Waals surface area (Å²) >= 11 is 6.72. The first-order valence-electron chi connectivity index (χ1n) is 9.24. The van der Waals surface area contributed by atoms with Crippen molar-refractivity contribution in [2.45, 2.75) is 39.3 Å². The van der Waals surface area contributed by atoms with E-state index < -0.39 is 11.7 Å². The van der Waals surface area contributed by atoms with Gasteiger partial charge in [0.2, 0.25) is 11.8 Å². The second-order valence-corrected chi connectivity index (χ2v) is 7.61. The van der Waals surface area contributed by atoms with Gasteiger partial charge in [0.15, 0.2) is 0 Å². The summed E-state index contributed by atoms with van der Waals surface area (Å²) in [6, 6.07) is 9.05. The van der Waals surface area contributed by atoms with Crippen LogP contribution < -0.4 is 0 Å². The zero-order chi connectivity index (χ0) is 20.8. The van der Waals surface area contributed by atoms with Crippen molar-refractivity contribution in [1.29, 1.82) is 0 Å². The van der Waals surface area contributed by atoms with E-state index in [0.717, 1.165) is 41.7 Å². The van der Waals surface area contributed by atoms with E-state index >= 15 is 0 Å². The third kappa shape index (κ3) is 3.81. The first-order valence-corrected chi connectivity index (χ1v) is 9.62. The Hall–Kier alpha value is -2.60. The molecule has 3 nitrogen and oxygen atoms in total. The highest BCUT2D eigenvalue weighted by atomic mass is 35.5. The third-order valence-corrected chi connectivity index (χ3v) is 5.65. The van der Waals surface area contributed by atoms with Crippen LogP contribution in [0, 0.1) is 13.8 Å². The molecule has 29 heavy (non-hydrogen) atoms. The van der Waals surface area contributed by atoms with Crippen LogP contribution in [0.4, 0.5) is 13.2 Å². The predicted molar refractivity (Wildman–Crippen MR) is 106 cm³/mol. The highest BCUT2D eigenvalue weighted by molar-refractivity contribution is 6.52. The monoisotopic (exact) mass is 418 g/mol. The van der Waals surface area contributed by atoms with Crippen LogP contribution in [0.3, 0.4) is 0 Å². The van der Waals surface area contributed by atoms with E-state index in [-0.39, 0.29) is 17.3 Å². The molecule has 0 atom stereocenters. The molecule has 2 aromatic carbocycles. The summed E-state index contributed by atoms with van der Waals surface area (Å²) < 4.78 is 44.7. The van der Waals surface area contributed by atoms with Crippen molar-refractivity contribution < 1.29 is 17.6 Å². The van der Waals surface area contributed by atoms with E-state index in [1.807, 2.05) is 6.92 Å². The number of aromatic nitrogens is 2. The van der Waals surface area contributed by atoms with Gasteiger partial charge in [-0.3, -0.25) is 0 Å². The second-order valence-electron chi connectivity index (χ2n) is 7.23. The van der Waals surface area contributed by atoms with Crippen LogP contribution in [0.1, 0.15) is 46.5 Å². The molecule has 4 rings (SSSR count). The van der Waals surface area contributed by atoms with Gasteiger partial charge < -0.3 is 4.42 Å². The van der Waals surface area contributed by atoms with Crippen LogP contribution >= 0.6 is 11.6 Å². The summed E-state index contributed by atoms with van der Waals surface area (Å²) in [6.07, 6.45) is -2.05. The Balaban J connectivity index is 1.75. The maximum Gasteiger partial charge on any atom is 0.416 e. The number of halogens is 4. The average Bonchev–Trinajstić information content (AvgIpc) is 3.11. The lowest BCUT2D eigenvalue weighted by Gasteiger charge is -2.10. The maximum absolute atomic E-state index is 13.0. The Morgan fingerprint density at radius 3 is 2.45 bits per heavy atom. The molecular weight excluding hydrogens is 401 g/mol. The van der Waals surface area contributed by atoms with Gasteiger partial charge in [-0.1, -0.05) is 23.7 Å². The molecule has 3 aromatic rings. The molecule has 0 aliphatic heterocycles. The largest absolute Gasteiger partial charge is 0.416 e. The molecule has 0 amide bonds. The van der Waals surface area contributed by atoms with E-state index in [1.165, 1.54) is 23.3 Å². The molecule has 0 saturated carbocycles. The minimum Gasteiger partial charge on any atom is -0.416 e. The molecule has 0 fully saturated rings. The lowest BCUT2D eigenvalue weighted by atomic mass is 9.98. The quantitative estimate of drug-likeness (QED) is 0.458. The van der Waals surface area contributed by atoms with Gasteiger partial charge in [0, 0.05) is 11.1 Å². The summed E-state index contributed by atoms with van der Waals surface area (Å²) in [7, 11) is 0. The summed E-state index contributed by atoms with van der Waals surface area (Å²) in [5.74, 6) is 0.279. The summed E-state index contributed by atoms with van der Waals surface area (Å²) in [5.41, 5.74) is 4.64. The number of fused-ring (bicyclic) bond motifs is 1. The third-order valence-electron chi connectivity index (χ3n) is 5.21. The Morgan fingerprint density at radius 2 is 1.69 bits per heavy atom. The average molecular weight is 419 g/mol. The molecule has 1 aromatic heterocycles. The Kier molecular flexibility index (Phi) is 4.99. The number of aryl methyl sites for hydroxylation is 3. The zero-order valence-electron chi connectivity index (χ0n) is 15.9. The molecule has 0 bridgehead atoms. The molecule has 0 radical (unpaired) electrons. The molecule has 0 N–H and O–H groups in total. The standard InChI is InChI=1S/C22H18ClF3N2O/c1-12-9-14-5-4-8-17(19(23)18(14)10-13(12)2)21-28-27-20(29-21)15-6-3-7-16(11-15)22(24,25)26/h3,6-7,9-11H,4-5,8H2,1-2H3. The maximum atomic E-state index is 13.0. The zero-order valence-corrected chi connectivity index (χ0v) is 16.7. The van der Waals surface area contributed by atoms with Crippen LogP contribution in [-0.4, -0.2) is 10.2 Å². The number of nitrogens with zero attached hydrogens (tertiary/aromatic N) is 2. The number of rotatable bonds is 2. The molecule has 1 aliphatic rings. The number of hydrogen-bond donors (Lipinski definition) is 0. The molecule has 7 heteroatoms. The van der Waals surface area contributed by atoms with E-state index in [2.05, 4.69) is 29.3 Å². The van der Waals surface area contributed by atoms with Gasteiger partial charge in [-0.15, -0.1) is 10.2 Å². The van der Waals surface area contributed by atoms with Crippen LogP contribution in [0.5, 0.6) is 0 Å². The van der Waals surface area contributed by atoms with Crippen molar-refractivity contribution in [3.63, 3.8) is 0 Å². The summed E-state index contributed by atoms with van der Waals surface area (Å²) in [5, 5.41) is 8.59. The Labute approximate surface area is 171 Å². The van der Waals surface area contributed by atoms with Gasteiger partial charge in [-0.05, 0) is 79.6 Å². The number of benzene rings is 2. The molecule has 150 valence electrons. The molecule has 1 heterocycles. The molecule has 0 saturated heterocycles. The van der Waals surface area contributed by atoms with Crippen LogP contribution in [-0.2, 0) is 12.6 Å². The molecule has 0 unspecified atom stereocenters. The van der Waals surface area contributed by atoms with Crippen LogP contribution in [0.25, 0.3) is 22.1 Å². The van der Waals surface area contributed by atoms with E-state index in [4.69, 9.17) is 16.0 Å². The van der Waals surface area contributed by atoms with Crippen LogP contribution in [0.15, 0.2) is 40.8 Å². The lowest BCUT2D eigenvalue weighted by Crippen LogP contribution is -2.04. The van der Waals surface area contributed by atoms with E-state index in [9.17, 15) is 13.2 Å². The highest BCUT2D eigenvalue weighted by Gasteiger charge is 2.31. The van der Waals surface area contributed by atoms with Crippen molar-refractivity contribution in [2.24, 2.45) is 0 Å². The SMILES string of the molecule is Cc1cc2c(cc1C)C(Cl)=C(c1nnc(-c3cccc(C(F)(F)F)c3)o1)CCC2. The van der Waals surface area contributed by atoms with Gasteiger partial charge in [-0.2, -0.15) is 13.2 Å². The normalized spacial score (nSPS) is 14.7. The van der Waals surface area contributed by atoms with Gasteiger partial charge >= 0.3 is 6.18 Å². The van der Waals surface area contributed by atoms with Gasteiger partial charge in [0.25, 0.3) is 0 Å². The minimum absolute atomic E-state index is 0.0348. The Bertz CT molecular complexity index is 1120. The van der Waals surface area contributed by atoms with Crippen molar-refractivity contribution in [3.8, 4) is 11.5 Å². The first-order chi connectivity index (χ1) is 13.7.